The number of aliphatic hydroxyl groups is 1. The monoisotopic (exact) mass is 551 g/mol. The lowest BCUT2D eigenvalue weighted by atomic mass is 9.70. The van der Waals surface area contributed by atoms with Crippen LogP contribution in [0.2, 0.25) is 0 Å². The third-order valence-corrected chi connectivity index (χ3v) is 10.8. The van der Waals surface area contributed by atoms with E-state index >= 15 is 0 Å². The van der Waals surface area contributed by atoms with Crippen LogP contribution in [0, 0.1) is 25.7 Å². The average Bonchev–Trinajstić information content (AvgIpc) is 3.39. The van der Waals surface area contributed by atoms with Gasteiger partial charge in [-0.15, -0.1) is 11.8 Å². The highest BCUT2D eigenvalue weighted by atomic mass is 79.9. The number of amides is 3. The highest BCUT2D eigenvalue weighted by molar-refractivity contribution is 9.09. The van der Waals surface area contributed by atoms with Gasteiger partial charge in [0.25, 0.3) is 0 Å². The van der Waals surface area contributed by atoms with Crippen LogP contribution < -0.4 is 10.6 Å². The second kappa shape index (κ2) is 9.82. The number of halogens is 1. The number of carbonyl (C=O) groups excluding carboxylic acids is 3. The third kappa shape index (κ3) is 3.97. The van der Waals surface area contributed by atoms with Gasteiger partial charge in [-0.1, -0.05) is 41.9 Å². The Kier molecular flexibility index (Phi) is 7.37. The molecule has 186 valence electrons. The van der Waals surface area contributed by atoms with Gasteiger partial charge < -0.3 is 20.6 Å². The van der Waals surface area contributed by atoms with E-state index in [4.69, 9.17) is 0 Å². The number of alkyl halides is 1. The van der Waals surface area contributed by atoms with E-state index in [2.05, 4.69) is 26.6 Å². The minimum Gasteiger partial charge on any atom is -0.394 e. The Morgan fingerprint density at radius 2 is 2.03 bits per heavy atom. The van der Waals surface area contributed by atoms with Crippen molar-refractivity contribution in [2.24, 2.45) is 11.8 Å². The van der Waals surface area contributed by atoms with Crippen molar-refractivity contribution in [1.82, 2.24) is 10.2 Å². The fourth-order valence-electron chi connectivity index (χ4n) is 5.91. The van der Waals surface area contributed by atoms with Crippen LogP contribution in [0.15, 0.2) is 18.2 Å². The Morgan fingerprint density at radius 3 is 2.68 bits per heavy atom. The van der Waals surface area contributed by atoms with E-state index in [1.54, 1.807) is 16.7 Å². The number of nitrogens with one attached hydrogen (secondary N) is 2. The van der Waals surface area contributed by atoms with Gasteiger partial charge in [0, 0.05) is 22.3 Å². The van der Waals surface area contributed by atoms with Crippen molar-refractivity contribution in [3.8, 4) is 0 Å². The normalized spacial score (nSPS) is 32.6. The molecule has 1 aromatic carbocycles. The maximum Gasteiger partial charge on any atom is 0.248 e. The molecule has 2 bridgehead atoms. The Labute approximate surface area is 213 Å². The number of fused-ring (bicyclic) bond motifs is 1. The molecule has 3 fully saturated rings. The van der Waals surface area contributed by atoms with Crippen molar-refractivity contribution in [1.29, 1.82) is 0 Å². The van der Waals surface area contributed by atoms with Gasteiger partial charge in [0.1, 0.15) is 6.04 Å². The molecule has 3 unspecified atom stereocenters. The summed E-state index contributed by atoms with van der Waals surface area (Å²) in [6, 6.07) is 4.65. The molecule has 0 radical (unpaired) electrons. The minimum atomic E-state index is -0.763. The van der Waals surface area contributed by atoms with Crippen LogP contribution in [-0.2, 0) is 14.4 Å². The first-order chi connectivity index (χ1) is 16.2. The zero-order chi connectivity index (χ0) is 24.8. The van der Waals surface area contributed by atoms with Crippen LogP contribution in [0.3, 0.4) is 0 Å². The molecule has 3 aliphatic heterocycles. The van der Waals surface area contributed by atoms with E-state index in [1.165, 1.54) is 0 Å². The van der Waals surface area contributed by atoms with Gasteiger partial charge in [0.05, 0.1) is 29.2 Å². The number of benzene rings is 1. The molecule has 0 aliphatic carbocycles. The molecule has 9 heteroatoms. The summed E-state index contributed by atoms with van der Waals surface area (Å²) in [5.41, 5.74) is 2.69. The molecule has 1 aromatic rings. The molecule has 3 heterocycles. The fraction of sp³-hybridized carbons (Fsp3) is 0.640. The molecule has 3 N–H and O–H groups in total. The number of likely N-dealkylation sites (tertiary alicyclic amines) is 1. The molecule has 1 spiro atoms. The van der Waals surface area contributed by atoms with Gasteiger partial charge in [-0.05, 0) is 50.3 Å². The third-order valence-electron chi connectivity index (χ3n) is 7.55. The summed E-state index contributed by atoms with van der Waals surface area (Å²) >= 11 is 5.38. The van der Waals surface area contributed by atoms with Gasteiger partial charge >= 0.3 is 0 Å². The highest BCUT2D eigenvalue weighted by Gasteiger charge is 2.76. The molecule has 34 heavy (non-hydrogen) atoms. The number of hydrogen-bond acceptors (Lipinski definition) is 5. The van der Waals surface area contributed by atoms with Crippen molar-refractivity contribution in [2.45, 2.75) is 73.9 Å². The second-order valence-corrected chi connectivity index (χ2v) is 12.5. The molecule has 3 saturated heterocycles. The van der Waals surface area contributed by atoms with Crippen LogP contribution in [0.4, 0.5) is 5.69 Å². The van der Waals surface area contributed by atoms with Gasteiger partial charge in [-0.25, -0.2) is 0 Å². The SMILES string of the molecule is CCCNC(=O)[C@H]1[C@H]2C(=O)N([C@@H](CC)CO)C(C(=O)Nc3cc(C)ccc3C)C23CC(Br)[C@@H]1S3. The molecule has 7 nitrogen and oxygen atoms in total. The number of hydrogen-bond donors (Lipinski definition) is 3. The second-order valence-electron chi connectivity index (χ2n) is 9.75. The first-order valence-electron chi connectivity index (χ1n) is 12.1. The summed E-state index contributed by atoms with van der Waals surface area (Å²) in [6.07, 6.45) is 1.96. The van der Waals surface area contributed by atoms with Crippen molar-refractivity contribution in [3.63, 3.8) is 0 Å². The quantitative estimate of drug-likeness (QED) is 0.431. The van der Waals surface area contributed by atoms with E-state index in [0.29, 0.717) is 19.4 Å². The molecule has 3 aliphatic rings. The van der Waals surface area contributed by atoms with E-state index in [9.17, 15) is 19.5 Å². The maximum absolute atomic E-state index is 13.9. The first-order valence-corrected chi connectivity index (χ1v) is 13.9. The molecule has 0 aromatic heterocycles. The number of thioether (sulfide) groups is 1. The molecule has 3 amide bonds. The highest BCUT2D eigenvalue weighted by Crippen LogP contribution is 2.68. The van der Waals surface area contributed by atoms with E-state index in [-0.39, 0.29) is 34.4 Å². The molecule has 0 saturated carbocycles. The maximum atomic E-state index is 13.9. The van der Waals surface area contributed by atoms with Gasteiger partial charge in [-0.3, -0.25) is 14.4 Å². The van der Waals surface area contributed by atoms with Crippen LogP contribution in [0.5, 0.6) is 0 Å². The molecule has 7 atom stereocenters. The minimum absolute atomic E-state index is 0.0316. The first kappa shape index (κ1) is 25.5. The lowest BCUT2D eigenvalue weighted by molar-refractivity contribution is -0.142. The Bertz CT molecular complexity index is 987. The molecular weight excluding hydrogens is 518 g/mol. The van der Waals surface area contributed by atoms with Crippen molar-refractivity contribution in [2.75, 3.05) is 18.5 Å². The van der Waals surface area contributed by atoms with Crippen LogP contribution in [-0.4, -0.2) is 67.8 Å². The van der Waals surface area contributed by atoms with Crippen molar-refractivity contribution < 1.29 is 19.5 Å². The summed E-state index contributed by atoms with van der Waals surface area (Å²) in [7, 11) is 0. The van der Waals surface area contributed by atoms with Crippen LogP contribution >= 0.6 is 27.7 Å². The van der Waals surface area contributed by atoms with Crippen molar-refractivity contribution in [3.05, 3.63) is 29.3 Å². The Balaban J connectivity index is 1.76. The largest absolute Gasteiger partial charge is 0.394 e. The number of carbonyl (C=O) groups is 3. The predicted molar refractivity (Wildman–Crippen MR) is 138 cm³/mol. The van der Waals surface area contributed by atoms with Gasteiger partial charge in [0.2, 0.25) is 17.7 Å². The predicted octanol–water partition coefficient (Wildman–Crippen LogP) is 3.00. The van der Waals surface area contributed by atoms with E-state index in [0.717, 1.165) is 23.2 Å². The molecule has 4 rings (SSSR count). The fourth-order valence-corrected chi connectivity index (χ4v) is 9.51. The Hall–Kier alpha value is -1.58. The summed E-state index contributed by atoms with van der Waals surface area (Å²) in [5, 5.41) is 16.1. The number of aliphatic hydroxyl groups excluding tert-OH is 1. The average molecular weight is 553 g/mol. The summed E-state index contributed by atoms with van der Waals surface area (Å²) < 4.78 is -0.714. The van der Waals surface area contributed by atoms with Crippen molar-refractivity contribution >= 4 is 51.1 Å². The van der Waals surface area contributed by atoms with Crippen LogP contribution in [0.1, 0.15) is 44.2 Å². The number of nitrogens with zero attached hydrogens (tertiary/aromatic N) is 1. The molecular formula is C25H34BrN3O4S. The lowest BCUT2D eigenvalue weighted by Crippen LogP contribution is -2.55. The van der Waals surface area contributed by atoms with Gasteiger partial charge in [-0.2, -0.15) is 0 Å². The van der Waals surface area contributed by atoms with E-state index < -0.39 is 28.7 Å². The Morgan fingerprint density at radius 1 is 1.29 bits per heavy atom. The number of anilines is 1. The smallest absolute Gasteiger partial charge is 0.248 e. The summed E-state index contributed by atoms with van der Waals surface area (Å²) in [4.78, 5) is 42.7. The summed E-state index contributed by atoms with van der Waals surface area (Å²) in [6.45, 7) is 8.14. The number of rotatable bonds is 8. The zero-order valence-corrected chi connectivity index (χ0v) is 22.5. The number of aryl methyl sites for hydroxylation is 2. The van der Waals surface area contributed by atoms with E-state index in [1.807, 2.05) is 45.9 Å². The van der Waals surface area contributed by atoms with Crippen LogP contribution in [0.25, 0.3) is 0 Å². The lowest BCUT2D eigenvalue weighted by Gasteiger charge is -2.37. The topological polar surface area (TPSA) is 98.7 Å². The standard InChI is InChI=1S/C25H34BrN3O4S/c1-5-9-27-22(31)18-19-24(33)29(15(6-2)12-30)21(25(19)11-16(26)20(18)34-25)23(32)28-17-10-13(3)7-8-14(17)4/h7-8,10,15-16,18-21,30H,5-6,9,11-12H2,1-4H3,(H,27,31)(H,28,32)/t15-,16?,18-,19-,20-,21?,25?/m0/s1. The summed E-state index contributed by atoms with van der Waals surface area (Å²) in [5.74, 6) is -1.63. The van der Waals surface area contributed by atoms with Gasteiger partial charge in [0.15, 0.2) is 0 Å². The zero-order valence-electron chi connectivity index (χ0n) is 20.1.